The number of aliphatic hydroxyl groups excluding tert-OH is 4. The first-order valence-electron chi connectivity index (χ1n) is 8.63. The molecule has 0 radical (unpaired) electrons. The number of hydrogen-bond donors (Lipinski definition) is 4. The molecule has 5 nitrogen and oxygen atoms in total. The fourth-order valence-corrected chi connectivity index (χ4v) is 3.45. The van der Waals surface area contributed by atoms with Crippen molar-refractivity contribution in [2.24, 2.45) is 5.92 Å². The Morgan fingerprint density at radius 2 is 1.62 bits per heavy atom. The topological polar surface area (TPSA) is 90.2 Å². The zero-order chi connectivity index (χ0) is 18.7. The molecule has 0 bridgehead atoms. The van der Waals surface area contributed by atoms with E-state index in [1.165, 1.54) is 0 Å². The highest BCUT2D eigenvalue weighted by Gasteiger charge is 2.43. The van der Waals surface area contributed by atoms with Gasteiger partial charge in [0.05, 0.1) is 6.10 Å². The zero-order valence-corrected chi connectivity index (χ0v) is 15.0. The Kier molecular flexibility index (Phi) is 6.16. The third-order valence-corrected chi connectivity index (χ3v) is 5.14. The van der Waals surface area contributed by atoms with Crippen molar-refractivity contribution in [2.45, 2.75) is 37.3 Å². The highest BCUT2D eigenvalue weighted by Crippen LogP contribution is 2.31. The van der Waals surface area contributed by atoms with E-state index in [1.54, 1.807) is 0 Å². The predicted octanol–water partition coefficient (Wildman–Crippen LogP) is 1.77. The summed E-state index contributed by atoms with van der Waals surface area (Å²) in [5.74, 6) is 0.0635. The van der Waals surface area contributed by atoms with Gasteiger partial charge in [0, 0.05) is 24.0 Å². The Labute approximate surface area is 157 Å². The second kappa shape index (κ2) is 8.37. The molecule has 0 heterocycles. The number of aliphatic hydroxyl groups is 4. The van der Waals surface area contributed by atoms with E-state index >= 15 is 0 Å². The van der Waals surface area contributed by atoms with Crippen molar-refractivity contribution in [1.29, 1.82) is 0 Å². The van der Waals surface area contributed by atoms with Crippen LogP contribution in [-0.4, -0.2) is 51.4 Å². The van der Waals surface area contributed by atoms with Crippen LogP contribution in [0.3, 0.4) is 0 Å². The molecule has 3 rings (SSSR count). The van der Waals surface area contributed by atoms with E-state index < -0.39 is 30.3 Å². The Balaban J connectivity index is 1.78. The molecular formula is C20H23ClO5. The summed E-state index contributed by atoms with van der Waals surface area (Å²) in [5, 5.41) is 40.3. The minimum absolute atomic E-state index is 0.255. The number of benzene rings is 2. The van der Waals surface area contributed by atoms with E-state index in [1.807, 2.05) is 48.5 Å². The first-order chi connectivity index (χ1) is 12.5. The van der Waals surface area contributed by atoms with E-state index in [9.17, 15) is 20.4 Å². The van der Waals surface area contributed by atoms with Gasteiger partial charge in [0.25, 0.3) is 0 Å². The molecule has 1 aliphatic rings. The van der Waals surface area contributed by atoms with Crippen molar-refractivity contribution in [1.82, 2.24) is 0 Å². The Morgan fingerprint density at radius 1 is 0.923 bits per heavy atom. The quantitative estimate of drug-likeness (QED) is 0.636. The summed E-state index contributed by atoms with van der Waals surface area (Å²) in [4.78, 5) is 0. The summed E-state index contributed by atoms with van der Waals surface area (Å²) < 4.78 is 5.99. The van der Waals surface area contributed by atoms with Gasteiger partial charge >= 0.3 is 0 Å². The van der Waals surface area contributed by atoms with Gasteiger partial charge in [-0.3, -0.25) is 0 Å². The molecule has 0 aromatic heterocycles. The van der Waals surface area contributed by atoms with Crippen molar-refractivity contribution in [3.8, 4) is 5.75 Å². The van der Waals surface area contributed by atoms with Gasteiger partial charge in [-0.25, -0.2) is 0 Å². The van der Waals surface area contributed by atoms with Crippen LogP contribution < -0.4 is 4.74 Å². The fraction of sp³-hybridized carbons (Fsp3) is 0.400. The van der Waals surface area contributed by atoms with Crippen LogP contribution in [0.1, 0.15) is 17.5 Å². The zero-order valence-electron chi connectivity index (χ0n) is 14.2. The van der Waals surface area contributed by atoms with Crippen molar-refractivity contribution < 1.29 is 25.2 Å². The van der Waals surface area contributed by atoms with Crippen LogP contribution in [0.5, 0.6) is 5.75 Å². The number of para-hydroxylation sites is 1. The molecule has 140 valence electrons. The highest BCUT2D eigenvalue weighted by atomic mass is 35.5. The van der Waals surface area contributed by atoms with Gasteiger partial charge in [0.2, 0.25) is 0 Å². The van der Waals surface area contributed by atoms with Gasteiger partial charge in [0.1, 0.15) is 24.1 Å². The van der Waals surface area contributed by atoms with Crippen LogP contribution in [0.25, 0.3) is 0 Å². The van der Waals surface area contributed by atoms with E-state index in [0.717, 1.165) is 11.1 Å². The second-order valence-corrected chi connectivity index (χ2v) is 7.15. The molecule has 0 aliphatic heterocycles. The van der Waals surface area contributed by atoms with Crippen LogP contribution in [0, 0.1) is 5.92 Å². The maximum absolute atomic E-state index is 10.3. The molecule has 5 atom stereocenters. The highest BCUT2D eigenvalue weighted by molar-refractivity contribution is 6.30. The van der Waals surface area contributed by atoms with Crippen molar-refractivity contribution >= 4 is 11.6 Å². The van der Waals surface area contributed by atoms with Gasteiger partial charge in [-0.2, -0.15) is 0 Å². The molecule has 0 spiro atoms. The average molecular weight is 379 g/mol. The Bertz CT molecular complexity index is 718. The van der Waals surface area contributed by atoms with Crippen LogP contribution in [0.15, 0.2) is 48.5 Å². The molecule has 0 unspecified atom stereocenters. The molecule has 26 heavy (non-hydrogen) atoms. The molecular weight excluding hydrogens is 356 g/mol. The lowest BCUT2D eigenvalue weighted by molar-refractivity contribution is -0.157. The normalized spacial score (nSPS) is 28.7. The largest absolute Gasteiger partial charge is 0.487 e. The predicted molar refractivity (Wildman–Crippen MR) is 98.3 cm³/mol. The summed E-state index contributed by atoms with van der Waals surface area (Å²) in [7, 11) is 0. The smallest absolute Gasteiger partial charge is 0.128 e. The second-order valence-electron chi connectivity index (χ2n) is 6.72. The summed E-state index contributed by atoms with van der Waals surface area (Å²) in [5.41, 5.74) is 2.00. The molecule has 2 aromatic carbocycles. The standard InChI is InChI=1S/C20H23ClO5/c21-15-7-5-12(6-8-15)9-13-3-1-2-4-16(13)26-17-10-14(11-22)18(23)20(25)19(17)24/h1-8,14,17-20,22-25H,9-11H2/t14-,17-,18-,19+,20+/m1/s1. The van der Waals surface area contributed by atoms with Crippen molar-refractivity contribution in [2.75, 3.05) is 6.61 Å². The first-order valence-corrected chi connectivity index (χ1v) is 9.01. The SMILES string of the molecule is OC[C@H]1C[C@@H](Oc2ccccc2Cc2ccc(Cl)cc2)[C@H](O)[C@@H](O)[C@@H]1O. The third kappa shape index (κ3) is 4.19. The van der Waals surface area contributed by atoms with Crippen molar-refractivity contribution in [3.05, 3.63) is 64.7 Å². The summed E-state index contributed by atoms with van der Waals surface area (Å²) in [6.45, 7) is -0.281. The lowest BCUT2D eigenvalue weighted by Gasteiger charge is -2.39. The van der Waals surface area contributed by atoms with Crippen molar-refractivity contribution in [3.63, 3.8) is 0 Å². The molecule has 0 saturated heterocycles. The number of ether oxygens (including phenoxy) is 1. The van der Waals surface area contributed by atoms with Crippen LogP contribution in [0.4, 0.5) is 0 Å². The van der Waals surface area contributed by atoms with Gasteiger partial charge in [-0.1, -0.05) is 41.9 Å². The molecule has 1 saturated carbocycles. The van der Waals surface area contributed by atoms with Crippen LogP contribution in [-0.2, 0) is 6.42 Å². The lowest BCUT2D eigenvalue weighted by Crippen LogP contribution is -2.56. The molecule has 0 amide bonds. The summed E-state index contributed by atoms with van der Waals surface area (Å²) >= 11 is 5.93. The third-order valence-electron chi connectivity index (χ3n) is 4.89. The fourth-order valence-electron chi connectivity index (χ4n) is 3.33. The summed E-state index contributed by atoms with van der Waals surface area (Å²) in [6, 6.07) is 15.0. The minimum atomic E-state index is -1.35. The maximum Gasteiger partial charge on any atom is 0.128 e. The maximum atomic E-state index is 10.3. The molecule has 1 fully saturated rings. The number of halogens is 1. The van der Waals surface area contributed by atoms with Crippen LogP contribution in [0.2, 0.25) is 5.02 Å². The van der Waals surface area contributed by atoms with Crippen LogP contribution >= 0.6 is 11.6 Å². The minimum Gasteiger partial charge on any atom is -0.487 e. The lowest BCUT2D eigenvalue weighted by atomic mass is 9.81. The van der Waals surface area contributed by atoms with E-state index in [2.05, 4.69) is 0 Å². The van der Waals surface area contributed by atoms with Gasteiger partial charge in [0.15, 0.2) is 0 Å². The monoisotopic (exact) mass is 378 g/mol. The van der Waals surface area contributed by atoms with Gasteiger partial charge in [-0.15, -0.1) is 0 Å². The van der Waals surface area contributed by atoms with Gasteiger partial charge < -0.3 is 25.2 Å². The Hall–Kier alpha value is -1.63. The average Bonchev–Trinajstić information content (AvgIpc) is 2.65. The Morgan fingerprint density at radius 3 is 2.31 bits per heavy atom. The number of rotatable bonds is 5. The van der Waals surface area contributed by atoms with E-state index in [-0.39, 0.29) is 13.0 Å². The summed E-state index contributed by atoms with van der Waals surface area (Å²) in [6.07, 6.45) is -3.57. The molecule has 1 aliphatic carbocycles. The van der Waals surface area contributed by atoms with Gasteiger partial charge in [-0.05, 0) is 35.7 Å². The molecule has 6 heteroatoms. The number of hydrogen-bond acceptors (Lipinski definition) is 5. The first kappa shape index (κ1) is 19.1. The molecule has 4 N–H and O–H groups in total. The molecule has 2 aromatic rings. The van der Waals surface area contributed by atoms with E-state index in [0.29, 0.717) is 17.2 Å². The van der Waals surface area contributed by atoms with E-state index in [4.69, 9.17) is 16.3 Å².